The van der Waals surface area contributed by atoms with E-state index in [-0.39, 0.29) is 11.6 Å². The molecule has 0 bridgehead atoms. The van der Waals surface area contributed by atoms with E-state index in [1.54, 1.807) is 25.1 Å². The van der Waals surface area contributed by atoms with Gasteiger partial charge in [0.1, 0.15) is 19.0 Å². The van der Waals surface area contributed by atoms with E-state index >= 15 is 0 Å². The van der Waals surface area contributed by atoms with Crippen molar-refractivity contribution in [2.24, 2.45) is 5.73 Å². The smallest absolute Gasteiger partial charge is 0.167 e. The fraction of sp³-hybridized carbons (Fsp3) is 0.294. The fourth-order valence-electron chi connectivity index (χ4n) is 1.96. The quantitative estimate of drug-likeness (QED) is 0.797. The summed E-state index contributed by atoms with van der Waals surface area (Å²) in [6.45, 7) is 3.01. The van der Waals surface area contributed by atoms with E-state index in [2.05, 4.69) is 0 Å². The molecule has 2 N–H and O–H groups in total. The number of rotatable bonds is 7. The first-order valence-electron chi connectivity index (χ1n) is 7.00. The summed E-state index contributed by atoms with van der Waals surface area (Å²) in [7, 11) is 0. The van der Waals surface area contributed by atoms with Crippen LogP contribution >= 0.6 is 0 Å². The van der Waals surface area contributed by atoms with Crippen molar-refractivity contribution in [3.05, 3.63) is 59.4 Å². The summed E-state index contributed by atoms with van der Waals surface area (Å²) in [5.41, 5.74) is 7.25. The van der Waals surface area contributed by atoms with E-state index in [1.165, 1.54) is 5.56 Å². The minimum Gasteiger partial charge on any atom is -0.490 e. The van der Waals surface area contributed by atoms with Gasteiger partial charge in [-0.3, -0.25) is 0 Å². The molecule has 2 rings (SSSR count). The topological polar surface area (TPSA) is 44.5 Å². The summed E-state index contributed by atoms with van der Waals surface area (Å²) in [6.07, 6.45) is 0.857. The molecule has 0 amide bonds. The van der Waals surface area contributed by atoms with Crippen molar-refractivity contribution in [3.63, 3.8) is 0 Å². The lowest BCUT2D eigenvalue weighted by molar-refractivity contribution is 0.211. The Kier molecular flexibility index (Phi) is 5.58. The Morgan fingerprint density at radius 2 is 1.71 bits per heavy atom. The van der Waals surface area contributed by atoms with Crippen LogP contribution in [0, 0.1) is 12.7 Å². The normalized spacial score (nSPS) is 10.4. The lowest BCUT2D eigenvalue weighted by Crippen LogP contribution is -2.10. The number of hydrogen-bond acceptors (Lipinski definition) is 3. The second kappa shape index (κ2) is 7.64. The van der Waals surface area contributed by atoms with Crippen molar-refractivity contribution in [3.8, 4) is 11.5 Å². The van der Waals surface area contributed by atoms with Gasteiger partial charge >= 0.3 is 0 Å². The SMILES string of the molecule is Cc1cccc(OCCOc2ccc(CCN)cc2)c1F. The molecule has 112 valence electrons. The van der Waals surface area contributed by atoms with Crippen molar-refractivity contribution in [1.82, 2.24) is 0 Å². The van der Waals surface area contributed by atoms with Crippen LogP contribution in [0.5, 0.6) is 11.5 Å². The number of benzene rings is 2. The Labute approximate surface area is 124 Å². The molecule has 3 nitrogen and oxygen atoms in total. The van der Waals surface area contributed by atoms with Crippen LogP contribution in [-0.2, 0) is 6.42 Å². The zero-order valence-electron chi connectivity index (χ0n) is 12.1. The lowest BCUT2D eigenvalue weighted by Gasteiger charge is -2.10. The highest BCUT2D eigenvalue weighted by atomic mass is 19.1. The molecule has 0 heterocycles. The van der Waals surface area contributed by atoms with Crippen LogP contribution in [-0.4, -0.2) is 19.8 Å². The molecule has 0 atom stereocenters. The number of aryl methyl sites for hydroxylation is 1. The van der Waals surface area contributed by atoms with E-state index in [9.17, 15) is 4.39 Å². The maximum absolute atomic E-state index is 13.7. The van der Waals surface area contributed by atoms with Crippen molar-refractivity contribution >= 4 is 0 Å². The standard InChI is InChI=1S/C17H20FNO2/c1-13-3-2-4-16(17(13)18)21-12-11-20-15-7-5-14(6-8-15)9-10-19/h2-8H,9-12,19H2,1H3. The zero-order valence-corrected chi connectivity index (χ0v) is 12.1. The maximum Gasteiger partial charge on any atom is 0.167 e. The zero-order chi connectivity index (χ0) is 15.1. The fourth-order valence-corrected chi connectivity index (χ4v) is 1.96. The van der Waals surface area contributed by atoms with Crippen molar-refractivity contribution < 1.29 is 13.9 Å². The highest BCUT2D eigenvalue weighted by molar-refractivity contribution is 5.30. The predicted molar refractivity (Wildman–Crippen MR) is 81.3 cm³/mol. The summed E-state index contributed by atoms with van der Waals surface area (Å²) in [6, 6.07) is 12.9. The maximum atomic E-state index is 13.7. The molecule has 0 saturated heterocycles. The molecule has 0 saturated carbocycles. The van der Waals surface area contributed by atoms with Gasteiger partial charge in [0.2, 0.25) is 0 Å². The van der Waals surface area contributed by atoms with E-state index < -0.39 is 0 Å². The number of nitrogens with two attached hydrogens (primary N) is 1. The Bertz CT molecular complexity index is 570. The summed E-state index contributed by atoms with van der Waals surface area (Å²) < 4.78 is 24.6. The average Bonchev–Trinajstić information content (AvgIpc) is 2.50. The molecule has 2 aromatic rings. The van der Waals surface area contributed by atoms with Crippen LogP contribution in [0.3, 0.4) is 0 Å². The number of hydrogen-bond donors (Lipinski definition) is 1. The van der Waals surface area contributed by atoms with Gasteiger partial charge < -0.3 is 15.2 Å². The third-order valence-electron chi connectivity index (χ3n) is 3.12. The van der Waals surface area contributed by atoms with Gasteiger partial charge in [0, 0.05) is 0 Å². The largest absolute Gasteiger partial charge is 0.490 e. The van der Waals surface area contributed by atoms with Gasteiger partial charge in [-0.25, -0.2) is 4.39 Å². The number of halogens is 1. The third kappa shape index (κ3) is 4.46. The van der Waals surface area contributed by atoms with Gasteiger partial charge in [-0.1, -0.05) is 24.3 Å². The Hall–Kier alpha value is -2.07. The lowest BCUT2D eigenvalue weighted by atomic mass is 10.1. The summed E-state index contributed by atoms with van der Waals surface area (Å²) in [4.78, 5) is 0. The highest BCUT2D eigenvalue weighted by Crippen LogP contribution is 2.19. The van der Waals surface area contributed by atoms with E-state index in [4.69, 9.17) is 15.2 Å². The summed E-state index contributed by atoms with van der Waals surface area (Å²) >= 11 is 0. The molecule has 21 heavy (non-hydrogen) atoms. The monoisotopic (exact) mass is 289 g/mol. The molecule has 0 spiro atoms. The van der Waals surface area contributed by atoms with Gasteiger partial charge in [-0.15, -0.1) is 0 Å². The molecule has 0 unspecified atom stereocenters. The average molecular weight is 289 g/mol. The van der Waals surface area contributed by atoms with E-state index in [0.29, 0.717) is 25.3 Å². The molecule has 0 aliphatic carbocycles. The van der Waals surface area contributed by atoms with Crippen LogP contribution in [0.25, 0.3) is 0 Å². The van der Waals surface area contributed by atoms with Crippen LogP contribution < -0.4 is 15.2 Å². The van der Waals surface area contributed by atoms with Crippen LogP contribution in [0.1, 0.15) is 11.1 Å². The van der Waals surface area contributed by atoms with Crippen molar-refractivity contribution in [2.75, 3.05) is 19.8 Å². The molecule has 2 aromatic carbocycles. The molecular formula is C17H20FNO2. The first-order chi connectivity index (χ1) is 10.2. The molecular weight excluding hydrogens is 269 g/mol. The van der Waals surface area contributed by atoms with Crippen LogP contribution in [0.4, 0.5) is 4.39 Å². The predicted octanol–water partition coefficient (Wildman–Crippen LogP) is 3.09. The first-order valence-corrected chi connectivity index (χ1v) is 7.00. The summed E-state index contributed by atoms with van der Waals surface area (Å²) in [5, 5.41) is 0. The van der Waals surface area contributed by atoms with Gasteiger partial charge in [-0.05, 0) is 49.2 Å². The van der Waals surface area contributed by atoms with Crippen LogP contribution in [0.15, 0.2) is 42.5 Å². The van der Waals surface area contributed by atoms with E-state index in [1.807, 2.05) is 24.3 Å². The Morgan fingerprint density at radius 3 is 2.43 bits per heavy atom. The second-order valence-corrected chi connectivity index (χ2v) is 4.77. The summed E-state index contributed by atoms with van der Waals surface area (Å²) in [5.74, 6) is 0.713. The molecule has 0 aliphatic rings. The van der Waals surface area contributed by atoms with Gasteiger partial charge in [0.25, 0.3) is 0 Å². The van der Waals surface area contributed by atoms with E-state index in [0.717, 1.165) is 12.2 Å². The molecule has 0 fully saturated rings. The Balaban J connectivity index is 1.78. The minimum atomic E-state index is -0.316. The molecule has 4 heteroatoms. The number of ether oxygens (including phenoxy) is 2. The van der Waals surface area contributed by atoms with Crippen LogP contribution in [0.2, 0.25) is 0 Å². The first kappa shape index (κ1) is 15.3. The van der Waals surface area contributed by atoms with Crippen molar-refractivity contribution in [1.29, 1.82) is 0 Å². The molecule has 0 aliphatic heterocycles. The molecule has 0 radical (unpaired) electrons. The van der Waals surface area contributed by atoms with Gasteiger partial charge in [0.15, 0.2) is 11.6 Å². The van der Waals surface area contributed by atoms with Gasteiger partial charge in [0.05, 0.1) is 0 Å². The second-order valence-electron chi connectivity index (χ2n) is 4.77. The minimum absolute atomic E-state index is 0.261. The third-order valence-corrected chi connectivity index (χ3v) is 3.12. The molecule has 0 aromatic heterocycles. The Morgan fingerprint density at radius 1 is 1.00 bits per heavy atom. The van der Waals surface area contributed by atoms with Crippen molar-refractivity contribution in [2.45, 2.75) is 13.3 Å². The van der Waals surface area contributed by atoms with Gasteiger partial charge in [-0.2, -0.15) is 0 Å². The highest BCUT2D eigenvalue weighted by Gasteiger charge is 2.05.